The van der Waals surface area contributed by atoms with Gasteiger partial charge in [0.15, 0.2) is 0 Å². The number of carboxylic acids is 1. The molecule has 1 aliphatic carbocycles. The normalized spacial score (nSPS) is 18.3. The third-order valence-electron chi connectivity index (χ3n) is 7.47. The minimum atomic E-state index is -1.47. The lowest BCUT2D eigenvalue weighted by Crippen LogP contribution is -2.44. The Hall–Kier alpha value is -3.05. The van der Waals surface area contributed by atoms with Crippen LogP contribution in [0.15, 0.2) is 58.0 Å². The molecule has 5 rings (SSSR count). The minimum Gasteiger partial charge on any atom is -0.479 e. The summed E-state index contributed by atoms with van der Waals surface area (Å²) in [5, 5.41) is 14.1. The molecule has 4 aromatic rings. The lowest BCUT2D eigenvalue weighted by atomic mass is 9.90. The molecule has 1 fully saturated rings. The fourth-order valence-corrected chi connectivity index (χ4v) is 7.26. The van der Waals surface area contributed by atoms with Gasteiger partial charge in [0.2, 0.25) is 5.60 Å². The van der Waals surface area contributed by atoms with Crippen molar-refractivity contribution in [2.24, 2.45) is 0 Å². The Bertz CT molecular complexity index is 1400. The fraction of sp³-hybridized carbons (Fsp3) is 0.393. The first kappa shape index (κ1) is 26.6. The Morgan fingerprint density at radius 2 is 1.84 bits per heavy atom. The van der Waals surface area contributed by atoms with Gasteiger partial charge >= 0.3 is 11.7 Å². The number of thiophene rings is 2. The molecular formula is C28H31N3O5S2. The fourth-order valence-electron chi connectivity index (χ4n) is 5.45. The zero-order valence-corrected chi connectivity index (χ0v) is 22.8. The highest BCUT2D eigenvalue weighted by molar-refractivity contribution is 7.12. The van der Waals surface area contributed by atoms with Crippen LogP contribution in [0.5, 0.6) is 0 Å². The summed E-state index contributed by atoms with van der Waals surface area (Å²) >= 11 is 2.82. The number of benzene rings is 1. The molecule has 0 aliphatic heterocycles. The van der Waals surface area contributed by atoms with Gasteiger partial charge in [-0.2, -0.15) is 0 Å². The standard InChI is InChI=1S/C28H31N3O5S2/c1-30(13-4-14-31-23-12-7-19(18-32)17-22(23)29-27(31)35)20-8-10-21(11-9-20)36-28(26(33)34,24-5-2-15-37-24)25-6-3-16-38-25/h2-3,5-7,12,15-18,20-21H,4,8-11,13-14H2,1H3,(H,29,35)(H,33,34)/t20-,21-. The van der Waals surface area contributed by atoms with Gasteiger partial charge in [-0.1, -0.05) is 12.1 Å². The maximum atomic E-state index is 12.7. The predicted molar refractivity (Wildman–Crippen MR) is 149 cm³/mol. The second-order valence-corrected chi connectivity index (χ2v) is 11.7. The summed E-state index contributed by atoms with van der Waals surface area (Å²) in [5.41, 5.74) is 0.386. The number of carbonyl (C=O) groups excluding carboxylic acids is 1. The number of nitrogens with one attached hydrogen (secondary N) is 1. The predicted octanol–water partition coefficient (Wildman–Crippen LogP) is 4.94. The highest BCUT2D eigenvalue weighted by Gasteiger charge is 2.48. The van der Waals surface area contributed by atoms with Crippen molar-refractivity contribution in [2.75, 3.05) is 13.6 Å². The van der Waals surface area contributed by atoms with Gasteiger partial charge in [-0.25, -0.2) is 9.59 Å². The number of rotatable bonds is 11. The van der Waals surface area contributed by atoms with Crippen molar-refractivity contribution >= 4 is 46.0 Å². The van der Waals surface area contributed by atoms with Gasteiger partial charge in [0.1, 0.15) is 6.29 Å². The van der Waals surface area contributed by atoms with E-state index in [9.17, 15) is 19.5 Å². The highest BCUT2D eigenvalue weighted by Crippen LogP contribution is 2.42. The molecule has 3 heterocycles. The van der Waals surface area contributed by atoms with Crippen LogP contribution in [0.4, 0.5) is 0 Å². The van der Waals surface area contributed by atoms with Gasteiger partial charge in [-0.3, -0.25) is 9.36 Å². The van der Waals surface area contributed by atoms with Crippen molar-refractivity contribution in [3.05, 3.63) is 79.0 Å². The van der Waals surface area contributed by atoms with Crippen LogP contribution < -0.4 is 5.69 Å². The number of fused-ring (bicyclic) bond motifs is 1. The van der Waals surface area contributed by atoms with Crippen LogP contribution in [0.1, 0.15) is 52.2 Å². The molecule has 1 saturated carbocycles. The van der Waals surface area contributed by atoms with E-state index in [2.05, 4.69) is 16.9 Å². The number of imidazole rings is 1. The highest BCUT2D eigenvalue weighted by atomic mass is 32.1. The van der Waals surface area contributed by atoms with E-state index in [1.54, 1.807) is 16.7 Å². The Balaban J connectivity index is 1.18. The van der Waals surface area contributed by atoms with Crippen molar-refractivity contribution in [1.29, 1.82) is 0 Å². The van der Waals surface area contributed by atoms with Gasteiger partial charge in [-0.15, -0.1) is 22.7 Å². The van der Waals surface area contributed by atoms with Crippen molar-refractivity contribution in [2.45, 2.75) is 56.4 Å². The number of carbonyl (C=O) groups is 2. The number of nitrogens with zero attached hydrogens (tertiary/aromatic N) is 2. The number of hydrogen-bond acceptors (Lipinski definition) is 7. The summed E-state index contributed by atoms with van der Waals surface area (Å²) < 4.78 is 8.22. The largest absolute Gasteiger partial charge is 0.479 e. The number of H-pyrrole nitrogens is 1. The topological polar surface area (TPSA) is 105 Å². The van der Waals surface area contributed by atoms with Crippen LogP contribution in [0.25, 0.3) is 11.0 Å². The molecule has 0 unspecified atom stereocenters. The van der Waals surface area contributed by atoms with E-state index >= 15 is 0 Å². The lowest BCUT2D eigenvalue weighted by molar-refractivity contribution is -0.170. The Morgan fingerprint density at radius 3 is 2.42 bits per heavy atom. The van der Waals surface area contributed by atoms with Crippen LogP contribution in [0, 0.1) is 0 Å². The van der Waals surface area contributed by atoms with Crippen LogP contribution in [0.2, 0.25) is 0 Å². The number of aliphatic carboxylic acids is 1. The van der Waals surface area contributed by atoms with Crippen LogP contribution in [-0.4, -0.2) is 57.6 Å². The number of aromatic nitrogens is 2. The van der Waals surface area contributed by atoms with Gasteiger partial charge in [-0.05, 0) is 86.8 Å². The third-order valence-corrected chi connectivity index (χ3v) is 9.42. The second kappa shape index (κ2) is 11.4. The van der Waals surface area contributed by atoms with Gasteiger partial charge < -0.3 is 19.7 Å². The summed E-state index contributed by atoms with van der Waals surface area (Å²) in [6, 6.07) is 13.0. The van der Waals surface area contributed by atoms with Crippen LogP contribution in [0.3, 0.4) is 0 Å². The summed E-state index contributed by atoms with van der Waals surface area (Å²) in [6.45, 7) is 1.43. The Morgan fingerprint density at radius 1 is 1.16 bits per heavy atom. The Kier molecular flexibility index (Phi) is 7.94. The molecular weight excluding hydrogens is 522 g/mol. The van der Waals surface area contributed by atoms with Gasteiger partial charge in [0.05, 0.1) is 26.9 Å². The molecule has 0 spiro atoms. The minimum absolute atomic E-state index is 0.138. The molecule has 3 aromatic heterocycles. The van der Waals surface area contributed by atoms with E-state index in [-0.39, 0.29) is 11.8 Å². The van der Waals surface area contributed by atoms with E-state index in [4.69, 9.17) is 4.74 Å². The SMILES string of the molecule is CN(CCCn1c(=O)[nH]c2cc(C=O)ccc21)[C@H]1CC[C@H](OC(C(=O)O)(c2cccs2)c2cccs2)CC1. The quantitative estimate of drug-likeness (QED) is 0.255. The molecule has 1 aliphatic rings. The van der Waals surface area contributed by atoms with Gasteiger partial charge in [0, 0.05) is 18.2 Å². The average Bonchev–Trinajstić information content (AvgIpc) is 3.70. The van der Waals surface area contributed by atoms with Crippen molar-refractivity contribution in [1.82, 2.24) is 14.5 Å². The first-order chi connectivity index (χ1) is 18.4. The first-order valence-corrected chi connectivity index (χ1v) is 14.6. The van der Waals surface area contributed by atoms with E-state index in [0.29, 0.717) is 33.4 Å². The van der Waals surface area contributed by atoms with E-state index in [0.717, 1.165) is 50.5 Å². The number of aromatic amines is 1. The van der Waals surface area contributed by atoms with Crippen LogP contribution in [-0.2, 0) is 21.7 Å². The molecule has 2 N–H and O–H groups in total. The number of ether oxygens (including phenoxy) is 1. The molecule has 10 heteroatoms. The number of hydrogen-bond donors (Lipinski definition) is 2. The average molecular weight is 554 g/mol. The summed E-state index contributed by atoms with van der Waals surface area (Å²) in [7, 11) is 2.11. The summed E-state index contributed by atoms with van der Waals surface area (Å²) in [4.78, 5) is 42.7. The zero-order valence-electron chi connectivity index (χ0n) is 21.2. The molecule has 200 valence electrons. The molecule has 0 amide bonds. The molecule has 0 atom stereocenters. The van der Waals surface area contributed by atoms with Gasteiger partial charge in [0.25, 0.3) is 0 Å². The third kappa shape index (κ3) is 5.13. The number of carboxylic acid groups (broad SMARTS) is 1. The monoisotopic (exact) mass is 553 g/mol. The molecule has 8 nitrogen and oxygen atoms in total. The molecule has 0 radical (unpaired) electrons. The molecule has 0 bridgehead atoms. The maximum absolute atomic E-state index is 12.7. The lowest BCUT2D eigenvalue weighted by Gasteiger charge is -2.38. The number of aryl methyl sites for hydroxylation is 1. The van der Waals surface area contributed by atoms with Crippen molar-refractivity contribution in [3.63, 3.8) is 0 Å². The van der Waals surface area contributed by atoms with E-state index < -0.39 is 11.6 Å². The van der Waals surface area contributed by atoms with Crippen LogP contribution >= 0.6 is 22.7 Å². The first-order valence-electron chi connectivity index (χ1n) is 12.8. The van der Waals surface area contributed by atoms with Crippen molar-refractivity contribution in [3.8, 4) is 0 Å². The molecule has 38 heavy (non-hydrogen) atoms. The van der Waals surface area contributed by atoms with E-state index in [1.807, 2.05) is 41.1 Å². The smallest absolute Gasteiger partial charge is 0.347 e. The zero-order chi connectivity index (χ0) is 26.7. The molecule has 1 aromatic carbocycles. The Labute approximate surface area is 228 Å². The second-order valence-electron chi connectivity index (χ2n) is 9.80. The van der Waals surface area contributed by atoms with E-state index in [1.165, 1.54) is 22.7 Å². The molecule has 0 saturated heterocycles. The maximum Gasteiger partial charge on any atom is 0.347 e. The van der Waals surface area contributed by atoms with Crippen molar-refractivity contribution < 1.29 is 19.4 Å². The number of aldehydes is 1. The summed E-state index contributed by atoms with van der Waals surface area (Å²) in [5.74, 6) is -0.975. The summed E-state index contributed by atoms with van der Waals surface area (Å²) in [6.07, 6.45) is 4.88.